The summed E-state index contributed by atoms with van der Waals surface area (Å²) >= 11 is 0. The van der Waals surface area contributed by atoms with Crippen molar-refractivity contribution in [1.82, 2.24) is 20.2 Å². The van der Waals surface area contributed by atoms with Crippen LogP contribution in [0, 0.1) is 13.8 Å². The summed E-state index contributed by atoms with van der Waals surface area (Å²) in [5.74, 6) is 1.78. The van der Waals surface area contributed by atoms with Gasteiger partial charge in [-0.1, -0.05) is 37.5 Å². The van der Waals surface area contributed by atoms with E-state index in [4.69, 9.17) is 4.74 Å². The third-order valence-corrected chi connectivity index (χ3v) is 5.80. The van der Waals surface area contributed by atoms with Gasteiger partial charge in [0.2, 0.25) is 0 Å². The lowest BCUT2D eigenvalue weighted by Gasteiger charge is -2.38. The van der Waals surface area contributed by atoms with Crippen LogP contribution in [0.1, 0.15) is 56.0 Å². The van der Waals surface area contributed by atoms with Crippen LogP contribution in [0.5, 0.6) is 5.75 Å². The van der Waals surface area contributed by atoms with Gasteiger partial charge >= 0.3 is 0 Å². The van der Waals surface area contributed by atoms with E-state index in [0.717, 1.165) is 48.6 Å². The summed E-state index contributed by atoms with van der Waals surface area (Å²) in [7, 11) is 0. The molecule has 0 bridgehead atoms. The zero-order valence-electron chi connectivity index (χ0n) is 17.5. The zero-order valence-corrected chi connectivity index (χ0v) is 17.5. The molecule has 0 radical (unpaired) electrons. The topological polar surface area (TPSA) is 64.9 Å². The first kappa shape index (κ1) is 19.4. The van der Waals surface area contributed by atoms with E-state index in [9.17, 15) is 0 Å². The van der Waals surface area contributed by atoms with Crippen molar-refractivity contribution in [3.05, 3.63) is 59.4 Å². The molecule has 0 aliphatic heterocycles. The molecule has 1 aliphatic rings. The van der Waals surface area contributed by atoms with Gasteiger partial charge in [0.1, 0.15) is 5.75 Å². The van der Waals surface area contributed by atoms with Crippen molar-refractivity contribution >= 4 is 5.69 Å². The maximum atomic E-state index is 5.59. The van der Waals surface area contributed by atoms with Crippen molar-refractivity contribution < 1.29 is 4.74 Å². The van der Waals surface area contributed by atoms with Crippen LogP contribution in [-0.2, 0) is 5.54 Å². The van der Waals surface area contributed by atoms with Gasteiger partial charge < -0.3 is 10.1 Å². The van der Waals surface area contributed by atoms with Crippen LogP contribution in [0.3, 0.4) is 0 Å². The summed E-state index contributed by atoms with van der Waals surface area (Å²) in [5.41, 5.74) is 4.19. The summed E-state index contributed by atoms with van der Waals surface area (Å²) in [6, 6.07) is 14.5. The monoisotopic (exact) mass is 391 g/mol. The average molecular weight is 392 g/mol. The number of para-hydroxylation sites is 1. The van der Waals surface area contributed by atoms with Gasteiger partial charge in [-0.25, -0.2) is 0 Å². The fourth-order valence-corrected chi connectivity index (χ4v) is 4.41. The van der Waals surface area contributed by atoms with E-state index in [1.807, 2.05) is 23.7 Å². The zero-order chi connectivity index (χ0) is 20.3. The molecule has 0 amide bonds. The number of ether oxygens (including phenoxy) is 1. The Labute approximate surface area is 172 Å². The molecule has 1 aliphatic carbocycles. The van der Waals surface area contributed by atoms with E-state index in [1.54, 1.807) is 0 Å². The maximum absolute atomic E-state index is 5.59. The summed E-state index contributed by atoms with van der Waals surface area (Å²) in [6.45, 7) is 6.89. The van der Waals surface area contributed by atoms with E-state index < -0.39 is 0 Å². The normalized spacial score (nSPS) is 15.8. The lowest BCUT2D eigenvalue weighted by Crippen LogP contribution is -2.40. The van der Waals surface area contributed by atoms with Gasteiger partial charge in [0.25, 0.3) is 0 Å². The van der Waals surface area contributed by atoms with Crippen LogP contribution in [-0.4, -0.2) is 26.8 Å². The number of hydrogen-bond donors (Lipinski definition) is 1. The van der Waals surface area contributed by atoms with Crippen molar-refractivity contribution in [3.8, 4) is 11.4 Å². The molecule has 3 aromatic rings. The fourth-order valence-electron chi connectivity index (χ4n) is 4.41. The molecule has 1 N–H and O–H groups in total. The van der Waals surface area contributed by atoms with Gasteiger partial charge in [0.15, 0.2) is 5.82 Å². The molecular formula is C23H29N5O. The minimum atomic E-state index is -0.288. The molecule has 1 aromatic heterocycles. The standard InChI is InChI=1S/C23H29N5O/c1-4-29-20-13-11-19(12-14-20)24-23(15-6-5-7-16-23)22-25-26-27-28(22)21-17(2)9-8-10-18(21)3/h8-14,24H,4-7,15-16H2,1-3H3. The van der Waals surface area contributed by atoms with Crippen molar-refractivity contribution in [2.45, 2.75) is 58.4 Å². The molecule has 29 heavy (non-hydrogen) atoms. The first-order valence-corrected chi connectivity index (χ1v) is 10.5. The molecule has 0 saturated heterocycles. The fraction of sp³-hybridized carbons (Fsp3) is 0.435. The maximum Gasteiger partial charge on any atom is 0.181 e. The third kappa shape index (κ3) is 3.84. The summed E-state index contributed by atoms with van der Waals surface area (Å²) in [4.78, 5) is 0. The summed E-state index contributed by atoms with van der Waals surface area (Å²) < 4.78 is 7.53. The molecule has 6 heteroatoms. The van der Waals surface area contributed by atoms with E-state index >= 15 is 0 Å². The Balaban J connectivity index is 1.74. The van der Waals surface area contributed by atoms with E-state index in [-0.39, 0.29) is 5.54 Å². The van der Waals surface area contributed by atoms with Crippen LogP contribution in [0.2, 0.25) is 0 Å². The lowest BCUT2D eigenvalue weighted by molar-refractivity contribution is 0.309. The molecule has 1 fully saturated rings. The van der Waals surface area contributed by atoms with Crippen molar-refractivity contribution in [2.24, 2.45) is 0 Å². The quantitative estimate of drug-likeness (QED) is 0.644. The van der Waals surface area contributed by atoms with Crippen molar-refractivity contribution in [2.75, 3.05) is 11.9 Å². The van der Waals surface area contributed by atoms with Gasteiger partial charge in [0.05, 0.1) is 17.8 Å². The van der Waals surface area contributed by atoms with E-state index in [0.29, 0.717) is 6.61 Å². The Kier molecular flexibility index (Phi) is 5.51. The Morgan fingerprint density at radius 1 is 1.00 bits per heavy atom. The number of nitrogens with zero attached hydrogens (tertiary/aromatic N) is 4. The van der Waals surface area contributed by atoms with Gasteiger partial charge in [-0.15, -0.1) is 5.10 Å². The molecule has 0 atom stereocenters. The SMILES string of the molecule is CCOc1ccc(NC2(c3nnnn3-c3c(C)cccc3C)CCCCC2)cc1. The Morgan fingerprint density at radius 2 is 1.69 bits per heavy atom. The highest BCUT2D eigenvalue weighted by Crippen LogP contribution is 2.40. The number of aryl methyl sites for hydroxylation is 2. The predicted octanol–water partition coefficient (Wildman–Crippen LogP) is 4.95. The highest BCUT2D eigenvalue weighted by atomic mass is 16.5. The smallest absolute Gasteiger partial charge is 0.181 e. The molecule has 0 unspecified atom stereocenters. The largest absolute Gasteiger partial charge is 0.494 e. The van der Waals surface area contributed by atoms with Crippen LogP contribution in [0.15, 0.2) is 42.5 Å². The van der Waals surface area contributed by atoms with Crippen molar-refractivity contribution in [1.29, 1.82) is 0 Å². The highest BCUT2D eigenvalue weighted by molar-refractivity contribution is 5.51. The molecule has 152 valence electrons. The average Bonchev–Trinajstić information content (AvgIpc) is 3.20. The second-order valence-corrected chi connectivity index (χ2v) is 7.88. The minimum Gasteiger partial charge on any atom is -0.494 e. The molecule has 1 heterocycles. The number of tetrazole rings is 1. The van der Waals surface area contributed by atoms with Gasteiger partial charge in [-0.3, -0.25) is 0 Å². The summed E-state index contributed by atoms with van der Waals surface area (Å²) in [5, 5.41) is 16.8. The number of rotatable bonds is 6. The lowest BCUT2D eigenvalue weighted by atomic mass is 9.80. The Morgan fingerprint density at radius 3 is 2.34 bits per heavy atom. The molecule has 0 spiro atoms. The van der Waals surface area contributed by atoms with E-state index in [1.165, 1.54) is 17.5 Å². The molecular weight excluding hydrogens is 362 g/mol. The Hall–Kier alpha value is -2.89. The number of aromatic nitrogens is 4. The first-order chi connectivity index (χ1) is 14.1. The third-order valence-electron chi connectivity index (χ3n) is 5.80. The molecule has 6 nitrogen and oxygen atoms in total. The molecule has 1 saturated carbocycles. The van der Waals surface area contributed by atoms with Gasteiger partial charge in [0, 0.05) is 5.69 Å². The number of anilines is 1. The van der Waals surface area contributed by atoms with Crippen LogP contribution in [0.25, 0.3) is 5.69 Å². The highest BCUT2D eigenvalue weighted by Gasteiger charge is 2.39. The summed E-state index contributed by atoms with van der Waals surface area (Å²) in [6.07, 6.45) is 5.57. The second-order valence-electron chi connectivity index (χ2n) is 7.88. The number of nitrogens with one attached hydrogen (secondary N) is 1. The minimum absolute atomic E-state index is 0.288. The molecule has 2 aromatic carbocycles. The molecule has 4 rings (SSSR count). The van der Waals surface area contributed by atoms with Gasteiger partial charge in [-0.05, 0) is 79.4 Å². The first-order valence-electron chi connectivity index (χ1n) is 10.5. The second kappa shape index (κ2) is 8.23. The Bertz CT molecular complexity index is 937. The van der Waals surface area contributed by atoms with E-state index in [2.05, 4.69) is 65.0 Å². The van der Waals surface area contributed by atoms with Gasteiger partial charge in [-0.2, -0.15) is 4.68 Å². The number of hydrogen-bond acceptors (Lipinski definition) is 5. The van der Waals surface area contributed by atoms with Crippen LogP contribution >= 0.6 is 0 Å². The predicted molar refractivity (Wildman–Crippen MR) is 115 cm³/mol. The van der Waals surface area contributed by atoms with Crippen LogP contribution < -0.4 is 10.1 Å². The number of benzene rings is 2. The van der Waals surface area contributed by atoms with Crippen molar-refractivity contribution in [3.63, 3.8) is 0 Å². The van der Waals surface area contributed by atoms with Crippen LogP contribution in [0.4, 0.5) is 5.69 Å².